The van der Waals surface area contributed by atoms with Crippen molar-refractivity contribution in [1.82, 2.24) is 10.2 Å². The third kappa shape index (κ3) is 4.20. The largest absolute Gasteiger partial charge is 0.545 e. The molecule has 0 saturated carbocycles. The molecule has 0 radical (unpaired) electrons. The highest BCUT2D eigenvalue weighted by molar-refractivity contribution is 7.98. The number of aromatic nitrogens is 2. The van der Waals surface area contributed by atoms with E-state index in [9.17, 15) is 9.90 Å². The van der Waals surface area contributed by atoms with Gasteiger partial charge in [0, 0.05) is 5.75 Å². The maximum atomic E-state index is 10.8. The molecule has 0 N–H and O–H groups in total. The van der Waals surface area contributed by atoms with Crippen LogP contribution in [0.5, 0.6) is 0 Å². The van der Waals surface area contributed by atoms with E-state index < -0.39 is 5.97 Å². The van der Waals surface area contributed by atoms with E-state index in [1.807, 2.05) is 36.4 Å². The van der Waals surface area contributed by atoms with Gasteiger partial charge in [-0.05, 0) is 22.8 Å². The summed E-state index contributed by atoms with van der Waals surface area (Å²) in [7, 11) is 0. The normalized spacial score (nSPS) is 10.6. The van der Waals surface area contributed by atoms with Crippen LogP contribution in [0.3, 0.4) is 0 Å². The van der Waals surface area contributed by atoms with E-state index in [1.165, 1.54) is 17.8 Å². The maximum Gasteiger partial charge on any atom is 0.276 e. The van der Waals surface area contributed by atoms with E-state index in [0.29, 0.717) is 23.3 Å². The molecule has 0 fully saturated rings. The first kappa shape index (κ1) is 15.3. The Kier molecular flexibility index (Phi) is 4.73. The summed E-state index contributed by atoms with van der Waals surface area (Å²) in [5, 5.41) is 19.3. The number of rotatable bonds is 6. The molecule has 0 atom stereocenters. The van der Waals surface area contributed by atoms with Crippen molar-refractivity contribution in [3.8, 4) is 0 Å². The lowest BCUT2D eigenvalue weighted by Crippen LogP contribution is -2.22. The standard InChI is InChI=1S/C17H14N2O3S/c20-16(21)14-8-4-7-13(9-14)11-23-17-19-18-15(22-17)10-12-5-2-1-3-6-12/h1-9H,10-11H2,(H,20,21)/p-1. The Morgan fingerprint density at radius 2 is 1.83 bits per heavy atom. The van der Waals surface area contributed by atoms with Gasteiger partial charge in [0.15, 0.2) is 0 Å². The summed E-state index contributed by atoms with van der Waals surface area (Å²) in [4.78, 5) is 10.8. The summed E-state index contributed by atoms with van der Waals surface area (Å²) >= 11 is 1.37. The average molecular weight is 325 g/mol. The number of benzene rings is 2. The highest BCUT2D eigenvalue weighted by Gasteiger charge is 2.08. The van der Waals surface area contributed by atoms with Crippen LogP contribution in [0.2, 0.25) is 0 Å². The Morgan fingerprint density at radius 1 is 1.04 bits per heavy atom. The number of carboxylic acid groups (broad SMARTS) is 1. The summed E-state index contributed by atoms with van der Waals surface area (Å²) in [6.45, 7) is 0. The molecular weight excluding hydrogens is 312 g/mol. The number of carbonyl (C=O) groups excluding carboxylic acids is 1. The SMILES string of the molecule is O=C([O-])c1cccc(CSc2nnc(Cc3ccccc3)o2)c1. The van der Waals surface area contributed by atoms with E-state index in [1.54, 1.807) is 12.1 Å². The van der Waals surface area contributed by atoms with Gasteiger partial charge in [-0.3, -0.25) is 0 Å². The molecule has 3 aromatic rings. The molecule has 0 saturated heterocycles. The van der Waals surface area contributed by atoms with E-state index in [-0.39, 0.29) is 5.56 Å². The van der Waals surface area contributed by atoms with Gasteiger partial charge in [0.25, 0.3) is 5.22 Å². The summed E-state index contributed by atoms with van der Waals surface area (Å²) in [5.74, 6) is -0.0735. The van der Waals surface area contributed by atoms with Gasteiger partial charge in [-0.15, -0.1) is 10.2 Å². The van der Waals surface area contributed by atoms with Crippen molar-refractivity contribution >= 4 is 17.7 Å². The van der Waals surface area contributed by atoms with Gasteiger partial charge in [-0.25, -0.2) is 0 Å². The molecule has 23 heavy (non-hydrogen) atoms. The quantitative estimate of drug-likeness (QED) is 0.647. The molecule has 0 aliphatic carbocycles. The molecule has 0 aliphatic rings. The van der Waals surface area contributed by atoms with Crippen LogP contribution in [0, 0.1) is 0 Å². The van der Waals surface area contributed by atoms with Crippen molar-refractivity contribution in [1.29, 1.82) is 0 Å². The molecule has 6 heteroatoms. The maximum absolute atomic E-state index is 10.8. The lowest BCUT2D eigenvalue weighted by atomic mass is 10.1. The number of aromatic carboxylic acids is 1. The van der Waals surface area contributed by atoms with E-state index in [2.05, 4.69) is 10.2 Å². The fourth-order valence-electron chi connectivity index (χ4n) is 2.07. The number of carboxylic acids is 1. The Morgan fingerprint density at radius 3 is 2.61 bits per heavy atom. The highest BCUT2D eigenvalue weighted by Crippen LogP contribution is 2.22. The zero-order valence-electron chi connectivity index (χ0n) is 12.1. The van der Waals surface area contributed by atoms with Gasteiger partial charge >= 0.3 is 0 Å². The van der Waals surface area contributed by atoms with Crippen LogP contribution in [0.15, 0.2) is 64.2 Å². The van der Waals surface area contributed by atoms with E-state index in [0.717, 1.165) is 11.1 Å². The molecule has 0 amide bonds. The minimum absolute atomic E-state index is 0.165. The van der Waals surface area contributed by atoms with E-state index in [4.69, 9.17) is 4.42 Å². The Bertz CT molecular complexity index is 802. The first-order valence-corrected chi connectivity index (χ1v) is 7.98. The number of thioether (sulfide) groups is 1. The molecule has 0 spiro atoms. The van der Waals surface area contributed by atoms with Crippen molar-refractivity contribution in [2.45, 2.75) is 17.4 Å². The predicted molar refractivity (Wildman–Crippen MR) is 83.9 cm³/mol. The number of carbonyl (C=O) groups is 1. The fourth-order valence-corrected chi connectivity index (χ4v) is 2.79. The number of nitrogens with zero attached hydrogens (tertiary/aromatic N) is 2. The van der Waals surface area contributed by atoms with Gasteiger partial charge in [-0.1, -0.05) is 60.3 Å². The zero-order chi connectivity index (χ0) is 16.1. The molecule has 0 unspecified atom stereocenters. The van der Waals surface area contributed by atoms with Crippen LogP contribution in [0.25, 0.3) is 0 Å². The molecule has 116 valence electrons. The zero-order valence-corrected chi connectivity index (χ0v) is 13.0. The van der Waals surface area contributed by atoms with Crippen molar-refractivity contribution in [3.05, 3.63) is 77.2 Å². The van der Waals surface area contributed by atoms with Gasteiger partial charge in [-0.2, -0.15) is 0 Å². The van der Waals surface area contributed by atoms with Gasteiger partial charge < -0.3 is 14.3 Å². The van der Waals surface area contributed by atoms with Gasteiger partial charge in [0.1, 0.15) is 0 Å². The molecule has 3 rings (SSSR count). The van der Waals surface area contributed by atoms with Crippen LogP contribution in [0.1, 0.15) is 27.4 Å². The third-order valence-electron chi connectivity index (χ3n) is 3.17. The molecule has 0 bridgehead atoms. The topological polar surface area (TPSA) is 79.0 Å². The Labute approximate surface area is 137 Å². The summed E-state index contributed by atoms with van der Waals surface area (Å²) < 4.78 is 5.60. The minimum Gasteiger partial charge on any atom is -0.545 e. The van der Waals surface area contributed by atoms with Crippen molar-refractivity contribution in [3.63, 3.8) is 0 Å². The molecular formula is C17H13N2O3S-. The lowest BCUT2D eigenvalue weighted by molar-refractivity contribution is -0.255. The first-order chi connectivity index (χ1) is 11.2. The lowest BCUT2D eigenvalue weighted by Gasteiger charge is -2.04. The summed E-state index contributed by atoms with van der Waals surface area (Å²) in [5.41, 5.74) is 2.13. The van der Waals surface area contributed by atoms with Crippen molar-refractivity contribution < 1.29 is 14.3 Å². The van der Waals surface area contributed by atoms with Gasteiger partial charge in [0.2, 0.25) is 5.89 Å². The van der Waals surface area contributed by atoms with E-state index >= 15 is 0 Å². The van der Waals surface area contributed by atoms with Crippen molar-refractivity contribution in [2.75, 3.05) is 0 Å². The average Bonchev–Trinajstić information content (AvgIpc) is 3.01. The number of hydrogen-bond acceptors (Lipinski definition) is 6. The predicted octanol–water partition coefficient (Wildman–Crippen LogP) is 2.32. The van der Waals surface area contributed by atoms with Crippen LogP contribution < -0.4 is 5.11 Å². The number of hydrogen-bond donors (Lipinski definition) is 0. The van der Waals surface area contributed by atoms with Crippen LogP contribution in [0.4, 0.5) is 0 Å². The van der Waals surface area contributed by atoms with Crippen LogP contribution in [-0.4, -0.2) is 16.2 Å². The van der Waals surface area contributed by atoms with Gasteiger partial charge in [0.05, 0.1) is 12.4 Å². The first-order valence-electron chi connectivity index (χ1n) is 7.00. The summed E-state index contributed by atoms with van der Waals surface area (Å²) in [6, 6.07) is 16.5. The molecule has 2 aromatic carbocycles. The molecule has 1 aromatic heterocycles. The van der Waals surface area contributed by atoms with Crippen LogP contribution in [-0.2, 0) is 12.2 Å². The summed E-state index contributed by atoms with van der Waals surface area (Å²) in [6.07, 6.45) is 0.592. The fraction of sp³-hybridized carbons (Fsp3) is 0.118. The molecule has 0 aliphatic heterocycles. The molecule has 1 heterocycles. The monoisotopic (exact) mass is 325 g/mol. The second-order valence-electron chi connectivity index (χ2n) is 4.90. The third-order valence-corrected chi connectivity index (χ3v) is 4.06. The Balaban J connectivity index is 1.61. The second kappa shape index (κ2) is 7.11. The van der Waals surface area contributed by atoms with Crippen molar-refractivity contribution in [2.24, 2.45) is 0 Å². The highest BCUT2D eigenvalue weighted by atomic mass is 32.2. The smallest absolute Gasteiger partial charge is 0.276 e. The second-order valence-corrected chi connectivity index (χ2v) is 5.83. The Hall–Kier alpha value is -2.60. The minimum atomic E-state index is -1.18. The van der Waals surface area contributed by atoms with Crippen LogP contribution >= 0.6 is 11.8 Å². The molecule has 5 nitrogen and oxygen atoms in total.